The Morgan fingerprint density at radius 3 is 2.54 bits per heavy atom. The van der Waals surface area contributed by atoms with E-state index in [1.807, 2.05) is 25.1 Å². The first kappa shape index (κ1) is 19.2. The molecule has 0 saturated heterocycles. The Bertz CT molecular complexity index is 791. The number of aromatic nitrogens is 1. The zero-order chi connectivity index (χ0) is 19.1. The molecule has 1 aromatic carbocycles. The van der Waals surface area contributed by atoms with Crippen LogP contribution in [0.15, 0.2) is 36.5 Å². The van der Waals surface area contributed by atoms with Crippen molar-refractivity contribution in [2.45, 2.75) is 13.3 Å². The van der Waals surface area contributed by atoms with Gasteiger partial charge in [0, 0.05) is 18.3 Å². The summed E-state index contributed by atoms with van der Waals surface area (Å²) in [5.41, 5.74) is 1.19. The lowest BCUT2D eigenvalue weighted by molar-refractivity contribution is 0.0690. The molecule has 0 radical (unpaired) electrons. The molecule has 2 rings (SSSR count). The molecule has 0 saturated carbocycles. The number of amides is 1. The molecular formula is C19H22N2O5. The first-order valence-corrected chi connectivity index (χ1v) is 8.13. The van der Waals surface area contributed by atoms with Crippen LogP contribution in [-0.4, -0.2) is 42.7 Å². The van der Waals surface area contributed by atoms with Crippen molar-refractivity contribution >= 4 is 11.9 Å². The minimum Gasteiger partial charge on any atom is -0.493 e. The Hall–Kier alpha value is -3.09. The summed E-state index contributed by atoms with van der Waals surface area (Å²) < 4.78 is 10.5. The number of rotatable bonds is 8. The van der Waals surface area contributed by atoms with Gasteiger partial charge < -0.3 is 19.9 Å². The maximum absolute atomic E-state index is 12.2. The van der Waals surface area contributed by atoms with Crippen LogP contribution in [0.1, 0.15) is 33.3 Å². The second-order valence-electron chi connectivity index (χ2n) is 5.94. The zero-order valence-corrected chi connectivity index (χ0v) is 15.0. The van der Waals surface area contributed by atoms with Crippen LogP contribution < -0.4 is 14.8 Å². The SMILES string of the molecule is COc1ccc(CC(C)CNC(=O)c2ccnc(C(=O)O)c2)cc1OC. The van der Waals surface area contributed by atoms with Gasteiger partial charge in [-0.3, -0.25) is 4.79 Å². The number of carboxylic acid groups (broad SMARTS) is 1. The van der Waals surface area contributed by atoms with Gasteiger partial charge in [-0.25, -0.2) is 9.78 Å². The summed E-state index contributed by atoms with van der Waals surface area (Å²) in [5.74, 6) is 0.0247. The van der Waals surface area contributed by atoms with Crippen molar-refractivity contribution in [3.8, 4) is 11.5 Å². The minimum atomic E-state index is -1.17. The Kier molecular flexibility index (Phi) is 6.54. The van der Waals surface area contributed by atoms with Gasteiger partial charge in [0.15, 0.2) is 11.5 Å². The number of hydrogen-bond donors (Lipinski definition) is 2. The number of nitrogens with one attached hydrogen (secondary N) is 1. The van der Waals surface area contributed by atoms with Gasteiger partial charge in [0.05, 0.1) is 14.2 Å². The summed E-state index contributed by atoms with van der Waals surface area (Å²) >= 11 is 0. The van der Waals surface area contributed by atoms with Crippen molar-refractivity contribution in [2.24, 2.45) is 5.92 Å². The lowest BCUT2D eigenvalue weighted by Gasteiger charge is -2.14. The summed E-state index contributed by atoms with van der Waals surface area (Å²) in [6, 6.07) is 8.47. The molecule has 7 nitrogen and oxygen atoms in total. The van der Waals surface area contributed by atoms with Crippen LogP contribution in [-0.2, 0) is 6.42 Å². The summed E-state index contributed by atoms with van der Waals surface area (Å²) in [5, 5.41) is 11.8. The molecule has 0 aliphatic carbocycles. The first-order valence-electron chi connectivity index (χ1n) is 8.13. The number of carbonyl (C=O) groups is 2. The van der Waals surface area contributed by atoms with E-state index in [-0.39, 0.29) is 23.1 Å². The number of hydrogen-bond acceptors (Lipinski definition) is 5. The molecule has 1 aromatic heterocycles. The minimum absolute atomic E-state index is 0.156. The number of pyridine rings is 1. The Morgan fingerprint density at radius 2 is 1.88 bits per heavy atom. The average Bonchev–Trinajstić information content (AvgIpc) is 2.66. The van der Waals surface area contributed by atoms with Gasteiger partial charge in [-0.1, -0.05) is 13.0 Å². The van der Waals surface area contributed by atoms with Crippen molar-refractivity contribution in [3.05, 3.63) is 53.3 Å². The average molecular weight is 358 g/mol. The largest absolute Gasteiger partial charge is 0.493 e. The van der Waals surface area contributed by atoms with Gasteiger partial charge in [-0.15, -0.1) is 0 Å². The van der Waals surface area contributed by atoms with E-state index >= 15 is 0 Å². The second-order valence-corrected chi connectivity index (χ2v) is 5.94. The highest BCUT2D eigenvalue weighted by Crippen LogP contribution is 2.28. The van der Waals surface area contributed by atoms with Gasteiger partial charge in [0.1, 0.15) is 5.69 Å². The normalized spacial score (nSPS) is 11.5. The highest BCUT2D eigenvalue weighted by atomic mass is 16.5. The molecule has 0 aliphatic rings. The number of methoxy groups -OCH3 is 2. The van der Waals surface area contributed by atoms with Crippen molar-refractivity contribution in [1.82, 2.24) is 10.3 Å². The molecule has 0 bridgehead atoms. The lowest BCUT2D eigenvalue weighted by Crippen LogP contribution is -2.29. The summed E-state index contributed by atoms with van der Waals surface area (Å²) in [6.45, 7) is 2.48. The van der Waals surface area contributed by atoms with E-state index in [2.05, 4.69) is 10.3 Å². The predicted molar refractivity (Wildman–Crippen MR) is 95.9 cm³/mol. The molecule has 2 aromatic rings. The van der Waals surface area contributed by atoms with Crippen LogP contribution in [0.5, 0.6) is 11.5 Å². The molecule has 138 valence electrons. The van der Waals surface area contributed by atoms with E-state index in [4.69, 9.17) is 14.6 Å². The molecule has 1 unspecified atom stereocenters. The number of ether oxygens (including phenoxy) is 2. The Labute approximate surface area is 152 Å². The van der Waals surface area contributed by atoms with Crippen LogP contribution in [0.4, 0.5) is 0 Å². The first-order chi connectivity index (χ1) is 12.4. The Morgan fingerprint density at radius 1 is 1.15 bits per heavy atom. The highest BCUT2D eigenvalue weighted by Gasteiger charge is 2.13. The number of carboxylic acids is 1. The fraction of sp³-hybridized carbons (Fsp3) is 0.316. The van der Waals surface area contributed by atoms with E-state index in [1.165, 1.54) is 18.3 Å². The van der Waals surface area contributed by atoms with Crippen molar-refractivity contribution in [3.63, 3.8) is 0 Å². The fourth-order valence-corrected chi connectivity index (χ4v) is 2.54. The van der Waals surface area contributed by atoms with Crippen LogP contribution in [0.2, 0.25) is 0 Å². The molecule has 2 N–H and O–H groups in total. The number of carbonyl (C=O) groups excluding carboxylic acids is 1. The van der Waals surface area contributed by atoms with Gasteiger partial charge in [0.2, 0.25) is 0 Å². The lowest BCUT2D eigenvalue weighted by atomic mass is 10.0. The van der Waals surface area contributed by atoms with E-state index in [1.54, 1.807) is 14.2 Å². The van der Waals surface area contributed by atoms with Crippen molar-refractivity contribution in [2.75, 3.05) is 20.8 Å². The molecule has 1 amide bonds. The van der Waals surface area contributed by atoms with E-state index < -0.39 is 5.97 Å². The molecule has 0 spiro atoms. The molecule has 26 heavy (non-hydrogen) atoms. The number of nitrogens with zero attached hydrogens (tertiary/aromatic N) is 1. The quantitative estimate of drug-likeness (QED) is 0.752. The van der Waals surface area contributed by atoms with E-state index in [0.717, 1.165) is 12.0 Å². The van der Waals surface area contributed by atoms with Crippen LogP contribution in [0.3, 0.4) is 0 Å². The fourth-order valence-electron chi connectivity index (χ4n) is 2.54. The summed E-state index contributed by atoms with van der Waals surface area (Å²) in [7, 11) is 3.18. The van der Waals surface area contributed by atoms with Crippen LogP contribution in [0, 0.1) is 5.92 Å². The van der Waals surface area contributed by atoms with Gasteiger partial charge in [-0.2, -0.15) is 0 Å². The smallest absolute Gasteiger partial charge is 0.354 e. The molecule has 1 atom stereocenters. The summed E-state index contributed by atoms with van der Waals surface area (Å²) in [6.07, 6.45) is 2.06. The van der Waals surface area contributed by atoms with E-state index in [0.29, 0.717) is 18.0 Å². The van der Waals surface area contributed by atoms with Gasteiger partial charge >= 0.3 is 5.97 Å². The molecular weight excluding hydrogens is 336 g/mol. The maximum atomic E-state index is 12.2. The topological polar surface area (TPSA) is 97.8 Å². The van der Waals surface area contributed by atoms with E-state index in [9.17, 15) is 9.59 Å². The van der Waals surface area contributed by atoms with Crippen LogP contribution in [0.25, 0.3) is 0 Å². The standard InChI is InChI=1S/C19H22N2O5/c1-12(8-13-4-5-16(25-2)17(9-13)26-3)11-21-18(22)14-6-7-20-15(10-14)19(23)24/h4-7,9-10,12H,8,11H2,1-3H3,(H,21,22)(H,23,24). The van der Waals surface area contributed by atoms with Crippen molar-refractivity contribution in [1.29, 1.82) is 0 Å². The third kappa shape index (κ3) is 4.95. The highest BCUT2D eigenvalue weighted by molar-refractivity contribution is 5.96. The van der Waals surface area contributed by atoms with Crippen molar-refractivity contribution < 1.29 is 24.2 Å². The second kappa shape index (κ2) is 8.84. The molecule has 0 aliphatic heterocycles. The van der Waals surface area contributed by atoms with Crippen LogP contribution >= 0.6 is 0 Å². The summed E-state index contributed by atoms with van der Waals surface area (Å²) in [4.78, 5) is 26.8. The van der Waals surface area contributed by atoms with Gasteiger partial charge in [-0.05, 0) is 42.2 Å². The maximum Gasteiger partial charge on any atom is 0.354 e. The third-order valence-electron chi connectivity index (χ3n) is 3.88. The van der Waals surface area contributed by atoms with Gasteiger partial charge in [0.25, 0.3) is 5.91 Å². The zero-order valence-electron chi connectivity index (χ0n) is 15.0. The molecule has 0 fully saturated rings. The monoisotopic (exact) mass is 358 g/mol. The molecule has 1 heterocycles. The third-order valence-corrected chi connectivity index (χ3v) is 3.88. The Balaban J connectivity index is 1.94. The number of aromatic carboxylic acids is 1. The predicted octanol–water partition coefficient (Wildman–Crippen LogP) is 2.41. The number of benzene rings is 1. The molecule has 7 heteroatoms.